The van der Waals surface area contributed by atoms with Crippen molar-refractivity contribution >= 4 is 23.7 Å². The molecule has 0 heterocycles. The second-order valence-electron chi connectivity index (χ2n) is 11.1. The van der Waals surface area contributed by atoms with Crippen LogP contribution in [0.15, 0.2) is 89.1 Å². The van der Waals surface area contributed by atoms with Gasteiger partial charge in [0.1, 0.15) is 17.8 Å². The topological polar surface area (TPSA) is 128 Å². The minimum absolute atomic E-state index is 0.175. The van der Waals surface area contributed by atoms with Gasteiger partial charge in [-0.1, -0.05) is 73.6 Å². The summed E-state index contributed by atoms with van der Waals surface area (Å²) < 4.78 is 5.31. The van der Waals surface area contributed by atoms with Crippen molar-refractivity contribution in [3.05, 3.63) is 89.1 Å². The summed E-state index contributed by atoms with van der Waals surface area (Å²) in [6, 6.07) is 5.89. The molecule has 1 aliphatic rings. The van der Waals surface area contributed by atoms with Gasteiger partial charge in [-0.3, -0.25) is 14.4 Å². The highest BCUT2D eigenvalue weighted by Crippen LogP contribution is 2.40. The molecule has 220 valence electrons. The van der Waals surface area contributed by atoms with Gasteiger partial charge in [-0.05, 0) is 68.7 Å². The van der Waals surface area contributed by atoms with Crippen LogP contribution in [-0.2, 0) is 19.2 Å². The molecule has 3 amide bonds. The van der Waals surface area contributed by atoms with Crippen LogP contribution in [-0.4, -0.2) is 35.8 Å². The van der Waals surface area contributed by atoms with Gasteiger partial charge in [-0.2, -0.15) is 0 Å². The summed E-state index contributed by atoms with van der Waals surface area (Å²) >= 11 is 0. The Morgan fingerprint density at radius 3 is 2.29 bits per heavy atom. The van der Waals surface area contributed by atoms with E-state index in [4.69, 9.17) is 10.5 Å². The minimum atomic E-state index is -1.22. The zero-order chi connectivity index (χ0) is 30.6. The molecule has 1 aromatic carbocycles. The van der Waals surface area contributed by atoms with Crippen molar-refractivity contribution in [1.82, 2.24) is 10.6 Å². The average Bonchev–Trinajstić information content (AvgIpc) is 2.87. The summed E-state index contributed by atoms with van der Waals surface area (Å²) in [4.78, 5) is 49.1. The molecule has 2 rings (SSSR count). The Morgan fingerprint density at radius 2 is 1.68 bits per heavy atom. The second kappa shape index (κ2) is 15.6. The summed E-state index contributed by atoms with van der Waals surface area (Å²) in [5, 5.41) is 4.98. The van der Waals surface area contributed by atoms with E-state index in [1.165, 1.54) is 37.0 Å². The largest absolute Gasteiger partial charge is 0.425 e. The van der Waals surface area contributed by atoms with Gasteiger partial charge in [0.15, 0.2) is 0 Å². The molecule has 0 saturated heterocycles. The maximum atomic E-state index is 12.7. The lowest BCUT2D eigenvalue weighted by Gasteiger charge is -2.32. The standard InChI is InChI=1S/C33H43N3O5/c1-22(17-18-27-24(3)14-11-19-33(27,5)6)12-10-13-23(2)20-30(38)36-28(31(34)39)21-29(35-25(4)37)32(40)41-26-15-8-7-9-16-26/h7-10,12-13,15-18,20,28-29H,11,14,19,21H2,1-6H3,(H2,34,39)(H,35,37)(H,36,38). The smallest absolute Gasteiger partial charge is 0.334 e. The first kappa shape index (κ1) is 33.0. The van der Waals surface area contributed by atoms with Crippen LogP contribution >= 0.6 is 0 Å². The highest BCUT2D eigenvalue weighted by molar-refractivity contribution is 5.94. The number of amides is 3. The van der Waals surface area contributed by atoms with E-state index in [1.807, 2.05) is 19.1 Å². The van der Waals surface area contributed by atoms with Crippen LogP contribution in [0.4, 0.5) is 0 Å². The zero-order valence-electron chi connectivity index (χ0n) is 25.0. The van der Waals surface area contributed by atoms with Crippen molar-refractivity contribution in [3.8, 4) is 5.75 Å². The molecule has 2 unspecified atom stereocenters. The number of carbonyl (C=O) groups is 4. The van der Waals surface area contributed by atoms with Crippen molar-refractivity contribution < 1.29 is 23.9 Å². The molecule has 8 nitrogen and oxygen atoms in total. The summed E-state index contributed by atoms with van der Waals surface area (Å²) in [6.07, 6.45) is 14.5. The maximum absolute atomic E-state index is 12.7. The lowest BCUT2D eigenvalue weighted by Crippen LogP contribution is -2.51. The van der Waals surface area contributed by atoms with E-state index in [0.717, 1.165) is 12.0 Å². The molecule has 1 aliphatic carbocycles. The Labute approximate surface area is 243 Å². The van der Waals surface area contributed by atoms with Gasteiger partial charge in [0.25, 0.3) is 0 Å². The molecule has 0 saturated carbocycles. The maximum Gasteiger partial charge on any atom is 0.334 e. The second-order valence-corrected chi connectivity index (χ2v) is 11.1. The lowest BCUT2D eigenvalue weighted by atomic mass is 9.72. The molecule has 0 aliphatic heterocycles. The number of ether oxygens (including phenoxy) is 1. The van der Waals surface area contributed by atoms with E-state index < -0.39 is 35.8 Å². The SMILES string of the molecule is CC(=O)NC(CC(NC(=O)C=C(C)C=CC=C(C)C=CC1=C(C)CCCC1(C)C)C(N)=O)C(=O)Oc1ccccc1. The molecule has 0 bridgehead atoms. The number of hydrogen-bond acceptors (Lipinski definition) is 5. The third-order valence-electron chi connectivity index (χ3n) is 6.89. The van der Waals surface area contributed by atoms with Crippen LogP contribution in [0.25, 0.3) is 0 Å². The third kappa shape index (κ3) is 11.4. The number of primary amides is 1. The third-order valence-corrected chi connectivity index (χ3v) is 6.89. The van der Waals surface area contributed by atoms with Crippen molar-refractivity contribution in [3.63, 3.8) is 0 Å². The van der Waals surface area contributed by atoms with Gasteiger partial charge < -0.3 is 21.1 Å². The van der Waals surface area contributed by atoms with Crippen molar-refractivity contribution in [2.75, 3.05) is 0 Å². The molecule has 4 N–H and O–H groups in total. The number of allylic oxidation sites excluding steroid dienone is 9. The fourth-order valence-corrected chi connectivity index (χ4v) is 4.72. The van der Waals surface area contributed by atoms with Crippen LogP contribution in [0.2, 0.25) is 0 Å². The highest BCUT2D eigenvalue weighted by atomic mass is 16.5. The van der Waals surface area contributed by atoms with Crippen molar-refractivity contribution in [1.29, 1.82) is 0 Å². The first-order valence-electron chi connectivity index (χ1n) is 13.8. The molecule has 0 spiro atoms. The number of carbonyl (C=O) groups excluding carboxylic acids is 4. The molecule has 0 aromatic heterocycles. The normalized spacial score (nSPS) is 17.3. The fraction of sp³-hybridized carbons (Fsp3) is 0.394. The van der Waals surface area contributed by atoms with E-state index in [0.29, 0.717) is 5.57 Å². The number of nitrogens with two attached hydrogens (primary N) is 1. The Hall–Kier alpha value is -4.20. The van der Waals surface area contributed by atoms with Crippen LogP contribution in [0, 0.1) is 5.41 Å². The van der Waals surface area contributed by atoms with Gasteiger partial charge in [0, 0.05) is 19.4 Å². The van der Waals surface area contributed by atoms with E-state index in [-0.39, 0.29) is 17.6 Å². The Bertz CT molecular complexity index is 1270. The molecule has 1 aromatic rings. The zero-order valence-corrected chi connectivity index (χ0v) is 25.0. The average molecular weight is 562 g/mol. The Balaban J connectivity index is 2.04. The fourth-order valence-electron chi connectivity index (χ4n) is 4.72. The highest BCUT2D eigenvalue weighted by Gasteiger charge is 2.29. The molecule has 0 fully saturated rings. The van der Waals surface area contributed by atoms with Crippen molar-refractivity contribution in [2.45, 2.75) is 79.3 Å². The summed E-state index contributed by atoms with van der Waals surface area (Å²) in [5.41, 5.74) is 10.2. The van der Waals surface area contributed by atoms with Crippen molar-refractivity contribution in [2.24, 2.45) is 11.1 Å². The van der Waals surface area contributed by atoms with Crippen LogP contribution in [0.1, 0.15) is 67.2 Å². The minimum Gasteiger partial charge on any atom is -0.425 e. The molecular weight excluding hydrogens is 518 g/mol. The number of benzene rings is 1. The monoisotopic (exact) mass is 561 g/mol. The van der Waals surface area contributed by atoms with Gasteiger partial charge in [0.05, 0.1) is 0 Å². The van der Waals surface area contributed by atoms with Crippen LogP contribution in [0.3, 0.4) is 0 Å². The predicted octanol–water partition coefficient (Wildman–Crippen LogP) is 4.99. The van der Waals surface area contributed by atoms with E-state index >= 15 is 0 Å². The van der Waals surface area contributed by atoms with Crippen LogP contribution < -0.4 is 21.1 Å². The Kier molecular flexibility index (Phi) is 12.5. The summed E-state index contributed by atoms with van der Waals surface area (Å²) in [5.74, 6) is -2.40. The van der Waals surface area contributed by atoms with E-state index in [9.17, 15) is 19.2 Å². The number of hydrogen-bond donors (Lipinski definition) is 3. The molecule has 8 heteroatoms. The number of nitrogens with one attached hydrogen (secondary N) is 2. The van der Waals surface area contributed by atoms with Gasteiger partial charge in [0.2, 0.25) is 17.7 Å². The molecule has 41 heavy (non-hydrogen) atoms. The van der Waals surface area contributed by atoms with Gasteiger partial charge >= 0.3 is 5.97 Å². The first-order valence-corrected chi connectivity index (χ1v) is 13.8. The number of esters is 1. The summed E-state index contributed by atoms with van der Waals surface area (Å²) in [6.45, 7) is 11.8. The van der Waals surface area contributed by atoms with E-state index in [1.54, 1.807) is 43.3 Å². The molecule has 2 atom stereocenters. The first-order chi connectivity index (χ1) is 19.3. The predicted molar refractivity (Wildman–Crippen MR) is 162 cm³/mol. The lowest BCUT2D eigenvalue weighted by molar-refractivity contribution is -0.140. The summed E-state index contributed by atoms with van der Waals surface area (Å²) in [7, 11) is 0. The number of para-hydroxylation sites is 1. The quantitative estimate of drug-likeness (QED) is 0.143. The molecular formula is C33H43N3O5. The number of rotatable bonds is 12. The van der Waals surface area contributed by atoms with Gasteiger partial charge in [-0.25, -0.2) is 4.79 Å². The van der Waals surface area contributed by atoms with E-state index in [2.05, 4.69) is 43.6 Å². The van der Waals surface area contributed by atoms with Crippen LogP contribution in [0.5, 0.6) is 5.75 Å². The molecule has 0 radical (unpaired) electrons. The van der Waals surface area contributed by atoms with Gasteiger partial charge in [-0.15, -0.1) is 0 Å². The Morgan fingerprint density at radius 1 is 1.00 bits per heavy atom.